The normalized spacial score (nSPS) is 10.3. The van der Waals surface area contributed by atoms with E-state index in [1.54, 1.807) is 0 Å². The zero-order valence-electron chi connectivity index (χ0n) is 10.0. The van der Waals surface area contributed by atoms with Gasteiger partial charge in [-0.15, -0.1) is 5.10 Å². The van der Waals surface area contributed by atoms with E-state index in [0.717, 1.165) is 17.3 Å². The second-order valence-corrected chi connectivity index (χ2v) is 3.41. The number of ether oxygens (including phenoxy) is 2. The van der Waals surface area contributed by atoms with Crippen molar-refractivity contribution in [2.75, 3.05) is 19.8 Å². The third-order valence-corrected chi connectivity index (χ3v) is 1.95. The van der Waals surface area contributed by atoms with Gasteiger partial charge in [0.05, 0.1) is 12.8 Å². The number of aromatic nitrogens is 3. The molecule has 0 amide bonds. The number of hydrogen-bond acceptors (Lipinski definition) is 6. The lowest BCUT2D eigenvalue weighted by Crippen LogP contribution is -2.20. The summed E-state index contributed by atoms with van der Waals surface area (Å²) in [6.45, 7) is 2.77. The van der Waals surface area contributed by atoms with Crippen molar-refractivity contribution in [2.24, 2.45) is 0 Å². The highest BCUT2D eigenvalue weighted by atomic mass is 16.6. The van der Waals surface area contributed by atoms with Crippen LogP contribution in [0, 0.1) is 0 Å². The molecule has 0 unspecified atom stereocenters. The Balaban J connectivity index is 2.31. The molecule has 0 radical (unpaired) electrons. The first kappa shape index (κ1) is 14.1. The van der Waals surface area contributed by atoms with E-state index in [9.17, 15) is 9.59 Å². The first-order chi connectivity index (χ1) is 8.65. The Bertz CT molecular complexity index is 404. The average molecular weight is 257 g/mol. The van der Waals surface area contributed by atoms with Gasteiger partial charge in [0, 0.05) is 6.61 Å². The van der Waals surface area contributed by atoms with Gasteiger partial charge < -0.3 is 14.6 Å². The van der Waals surface area contributed by atoms with Crippen LogP contribution in [0.5, 0.6) is 0 Å². The minimum atomic E-state index is -1.20. The molecule has 18 heavy (non-hydrogen) atoms. The van der Waals surface area contributed by atoms with Crippen LogP contribution in [-0.2, 0) is 20.8 Å². The third kappa shape index (κ3) is 4.50. The molecule has 1 heterocycles. The highest BCUT2D eigenvalue weighted by molar-refractivity contribution is 5.85. The largest absolute Gasteiger partial charge is 0.476 e. The second-order valence-electron chi connectivity index (χ2n) is 3.41. The predicted molar refractivity (Wildman–Crippen MR) is 59.1 cm³/mol. The summed E-state index contributed by atoms with van der Waals surface area (Å²) in [6, 6.07) is 0. The van der Waals surface area contributed by atoms with Gasteiger partial charge in [-0.25, -0.2) is 9.48 Å². The molecule has 8 heteroatoms. The molecule has 0 spiro atoms. The maximum absolute atomic E-state index is 11.4. The van der Waals surface area contributed by atoms with Crippen LogP contribution < -0.4 is 0 Å². The smallest absolute Gasteiger partial charge is 0.355 e. The van der Waals surface area contributed by atoms with Gasteiger partial charge in [-0.1, -0.05) is 12.1 Å². The van der Waals surface area contributed by atoms with E-state index < -0.39 is 11.9 Å². The van der Waals surface area contributed by atoms with Gasteiger partial charge in [-0.05, 0) is 6.42 Å². The number of aromatic carboxylic acids is 1. The Morgan fingerprint density at radius 1 is 1.39 bits per heavy atom. The van der Waals surface area contributed by atoms with Gasteiger partial charge in [0.1, 0.15) is 13.2 Å². The van der Waals surface area contributed by atoms with Crippen LogP contribution in [0.15, 0.2) is 6.20 Å². The summed E-state index contributed by atoms with van der Waals surface area (Å²) in [5, 5.41) is 15.7. The van der Waals surface area contributed by atoms with Crippen molar-refractivity contribution < 1.29 is 24.2 Å². The van der Waals surface area contributed by atoms with Gasteiger partial charge in [-0.3, -0.25) is 4.79 Å². The van der Waals surface area contributed by atoms with Crippen LogP contribution in [0.4, 0.5) is 0 Å². The zero-order chi connectivity index (χ0) is 13.4. The SMILES string of the molecule is CCCOCCOC(=O)Cn1nncc1C(=O)O. The van der Waals surface area contributed by atoms with E-state index in [2.05, 4.69) is 10.3 Å². The molecule has 1 aromatic heterocycles. The minimum absolute atomic E-state index is 0.135. The Labute approximate surface area is 103 Å². The maximum atomic E-state index is 11.4. The fraction of sp³-hybridized carbons (Fsp3) is 0.600. The lowest BCUT2D eigenvalue weighted by Gasteiger charge is -2.06. The second kappa shape index (κ2) is 7.38. The van der Waals surface area contributed by atoms with Crippen LogP contribution in [0.1, 0.15) is 23.8 Å². The molecule has 0 aliphatic rings. The monoisotopic (exact) mass is 257 g/mol. The number of carbonyl (C=O) groups is 2. The topological polar surface area (TPSA) is 104 Å². The summed E-state index contributed by atoms with van der Waals surface area (Å²) in [5.74, 6) is -1.78. The molecule has 0 saturated carbocycles. The van der Waals surface area contributed by atoms with Gasteiger partial charge in [0.25, 0.3) is 0 Å². The van der Waals surface area contributed by atoms with E-state index >= 15 is 0 Å². The number of hydrogen-bond donors (Lipinski definition) is 1. The molecule has 0 saturated heterocycles. The quantitative estimate of drug-likeness (QED) is 0.514. The first-order valence-electron chi connectivity index (χ1n) is 5.50. The van der Waals surface area contributed by atoms with Crippen molar-refractivity contribution in [2.45, 2.75) is 19.9 Å². The minimum Gasteiger partial charge on any atom is -0.476 e. The number of nitrogens with zero attached hydrogens (tertiary/aromatic N) is 3. The maximum Gasteiger partial charge on any atom is 0.355 e. The number of esters is 1. The molecule has 100 valence electrons. The lowest BCUT2D eigenvalue weighted by molar-refractivity contribution is -0.146. The number of carboxylic acids is 1. The number of carbonyl (C=O) groups excluding carboxylic acids is 1. The molecule has 0 aliphatic heterocycles. The van der Waals surface area contributed by atoms with Gasteiger partial charge in [-0.2, -0.15) is 0 Å². The Kier molecular flexibility index (Phi) is 5.78. The fourth-order valence-electron chi connectivity index (χ4n) is 1.17. The van der Waals surface area contributed by atoms with Crippen molar-refractivity contribution in [3.63, 3.8) is 0 Å². The number of carboxylic acid groups (broad SMARTS) is 1. The Morgan fingerprint density at radius 2 is 2.17 bits per heavy atom. The average Bonchev–Trinajstić information content (AvgIpc) is 2.77. The number of rotatable bonds is 8. The summed E-state index contributed by atoms with van der Waals surface area (Å²) >= 11 is 0. The summed E-state index contributed by atoms with van der Waals surface area (Å²) in [7, 11) is 0. The van der Waals surface area contributed by atoms with Crippen LogP contribution >= 0.6 is 0 Å². The molecular formula is C10H15N3O5. The van der Waals surface area contributed by atoms with Crippen molar-refractivity contribution in [1.29, 1.82) is 0 Å². The zero-order valence-corrected chi connectivity index (χ0v) is 10.0. The van der Waals surface area contributed by atoms with Gasteiger partial charge in [0.15, 0.2) is 5.69 Å². The molecule has 1 N–H and O–H groups in total. The highest BCUT2D eigenvalue weighted by Crippen LogP contribution is 1.97. The van der Waals surface area contributed by atoms with Crippen LogP contribution in [0.3, 0.4) is 0 Å². The van der Waals surface area contributed by atoms with Crippen molar-refractivity contribution in [3.8, 4) is 0 Å². The van der Waals surface area contributed by atoms with E-state index in [1.165, 1.54) is 0 Å². The molecule has 1 rings (SSSR count). The van der Waals surface area contributed by atoms with E-state index in [-0.39, 0.29) is 18.8 Å². The van der Waals surface area contributed by atoms with Crippen LogP contribution in [0.25, 0.3) is 0 Å². The van der Waals surface area contributed by atoms with Crippen molar-refractivity contribution in [3.05, 3.63) is 11.9 Å². The fourth-order valence-corrected chi connectivity index (χ4v) is 1.17. The first-order valence-corrected chi connectivity index (χ1v) is 5.50. The Hall–Kier alpha value is -1.96. The van der Waals surface area contributed by atoms with E-state index in [0.29, 0.717) is 13.2 Å². The van der Waals surface area contributed by atoms with Crippen LogP contribution in [-0.4, -0.2) is 51.9 Å². The summed E-state index contributed by atoms with van der Waals surface area (Å²) in [5.41, 5.74) is -0.158. The molecule has 0 aliphatic carbocycles. The highest BCUT2D eigenvalue weighted by Gasteiger charge is 2.14. The lowest BCUT2D eigenvalue weighted by atomic mass is 10.4. The molecule has 0 bridgehead atoms. The molecule has 0 fully saturated rings. The van der Waals surface area contributed by atoms with Crippen molar-refractivity contribution >= 4 is 11.9 Å². The summed E-state index contributed by atoms with van der Waals surface area (Å²) in [4.78, 5) is 22.1. The van der Waals surface area contributed by atoms with Crippen LogP contribution in [0.2, 0.25) is 0 Å². The molecule has 8 nitrogen and oxygen atoms in total. The predicted octanol–water partition coefficient (Wildman–Crippen LogP) is -0.0539. The standard InChI is InChI=1S/C10H15N3O5/c1-2-3-17-4-5-18-9(14)7-13-8(10(15)16)6-11-12-13/h6H,2-5,7H2,1H3,(H,15,16). The third-order valence-electron chi connectivity index (χ3n) is 1.95. The van der Waals surface area contributed by atoms with E-state index in [1.807, 2.05) is 6.92 Å². The Morgan fingerprint density at radius 3 is 2.83 bits per heavy atom. The van der Waals surface area contributed by atoms with Crippen molar-refractivity contribution in [1.82, 2.24) is 15.0 Å². The van der Waals surface area contributed by atoms with E-state index in [4.69, 9.17) is 14.6 Å². The molecule has 0 atom stereocenters. The molecule has 0 aromatic carbocycles. The summed E-state index contributed by atoms with van der Waals surface area (Å²) in [6.07, 6.45) is 1.97. The molecular weight excluding hydrogens is 242 g/mol. The summed E-state index contributed by atoms with van der Waals surface area (Å²) < 4.78 is 10.9. The van der Waals surface area contributed by atoms with Gasteiger partial charge >= 0.3 is 11.9 Å². The molecule has 1 aromatic rings. The van der Waals surface area contributed by atoms with Gasteiger partial charge in [0.2, 0.25) is 0 Å².